The third-order valence-corrected chi connectivity index (χ3v) is 5.77. The SMILES string of the molecule is O=C(NCc1ncccc1F)c1csc(CCNCC(F)(F)C2Nc3ccccc3N2)n1. The van der Waals surface area contributed by atoms with Crippen LogP contribution in [0.3, 0.4) is 0 Å². The topological polar surface area (TPSA) is 91.0 Å². The van der Waals surface area contributed by atoms with E-state index in [2.05, 4.69) is 31.2 Å². The average molecular weight is 463 g/mol. The van der Waals surface area contributed by atoms with Crippen LogP contribution in [0.2, 0.25) is 0 Å². The Hall–Kier alpha value is -3.18. The van der Waals surface area contributed by atoms with E-state index in [0.717, 1.165) is 0 Å². The molecule has 0 saturated heterocycles. The number of alkyl halides is 2. The number of amides is 1. The number of hydrogen-bond acceptors (Lipinski definition) is 7. The molecule has 0 bridgehead atoms. The number of thiazole rings is 1. The van der Waals surface area contributed by atoms with E-state index in [-0.39, 0.29) is 24.5 Å². The third kappa shape index (κ3) is 5.17. The number of benzene rings is 1. The number of nitrogens with one attached hydrogen (secondary N) is 4. The molecule has 1 amide bonds. The van der Waals surface area contributed by atoms with E-state index in [4.69, 9.17) is 0 Å². The van der Waals surface area contributed by atoms with Crippen LogP contribution in [0, 0.1) is 5.82 Å². The first kappa shape index (κ1) is 22.0. The number of hydrogen-bond donors (Lipinski definition) is 4. The van der Waals surface area contributed by atoms with Gasteiger partial charge in [0.1, 0.15) is 11.5 Å². The fourth-order valence-corrected chi connectivity index (χ4v) is 3.96. The zero-order chi connectivity index (χ0) is 22.6. The molecule has 0 unspecified atom stereocenters. The van der Waals surface area contributed by atoms with Gasteiger partial charge in [-0.15, -0.1) is 11.3 Å². The summed E-state index contributed by atoms with van der Waals surface area (Å²) in [6.45, 7) is -0.287. The van der Waals surface area contributed by atoms with E-state index < -0.39 is 30.4 Å². The monoisotopic (exact) mass is 462 g/mol. The summed E-state index contributed by atoms with van der Waals surface area (Å²) < 4.78 is 42.6. The lowest BCUT2D eigenvalue weighted by Gasteiger charge is -2.24. The fourth-order valence-electron chi connectivity index (χ4n) is 3.18. The van der Waals surface area contributed by atoms with E-state index in [1.165, 1.54) is 29.7 Å². The van der Waals surface area contributed by atoms with Gasteiger partial charge in [-0.1, -0.05) is 12.1 Å². The number of pyridine rings is 1. The molecule has 7 nitrogen and oxygen atoms in total. The Balaban J connectivity index is 1.21. The molecule has 2 aromatic heterocycles. The van der Waals surface area contributed by atoms with Crippen molar-refractivity contribution in [2.45, 2.75) is 25.1 Å². The van der Waals surface area contributed by atoms with E-state index in [1.807, 2.05) is 0 Å². The van der Waals surface area contributed by atoms with Crippen LogP contribution in [0.5, 0.6) is 0 Å². The molecule has 0 fully saturated rings. The maximum Gasteiger partial charge on any atom is 0.297 e. The minimum absolute atomic E-state index is 0.0535. The van der Waals surface area contributed by atoms with Gasteiger partial charge < -0.3 is 21.3 Å². The summed E-state index contributed by atoms with van der Waals surface area (Å²) in [5.74, 6) is -3.97. The molecular formula is C21H21F3N6OS. The second kappa shape index (κ2) is 9.53. The van der Waals surface area contributed by atoms with Crippen molar-refractivity contribution >= 4 is 28.6 Å². The summed E-state index contributed by atoms with van der Waals surface area (Å²) in [6.07, 6.45) is 0.653. The molecule has 4 N–H and O–H groups in total. The van der Waals surface area contributed by atoms with Crippen molar-refractivity contribution in [1.29, 1.82) is 0 Å². The average Bonchev–Trinajstić information content (AvgIpc) is 3.44. The van der Waals surface area contributed by atoms with Crippen molar-refractivity contribution in [2.24, 2.45) is 0 Å². The van der Waals surface area contributed by atoms with Crippen molar-refractivity contribution in [3.05, 3.63) is 70.2 Å². The van der Waals surface area contributed by atoms with Gasteiger partial charge in [0.15, 0.2) is 6.17 Å². The number of fused-ring (bicyclic) bond motifs is 1. The maximum atomic E-state index is 14.5. The lowest BCUT2D eigenvalue weighted by Crippen LogP contribution is -2.49. The number of para-hydroxylation sites is 2. The first-order valence-electron chi connectivity index (χ1n) is 9.95. The van der Waals surface area contributed by atoms with Gasteiger partial charge >= 0.3 is 0 Å². The van der Waals surface area contributed by atoms with E-state index in [9.17, 15) is 18.0 Å². The molecule has 1 aromatic carbocycles. The smallest absolute Gasteiger partial charge is 0.297 e. The van der Waals surface area contributed by atoms with Crippen LogP contribution in [-0.4, -0.2) is 41.1 Å². The molecule has 168 valence electrons. The molecule has 32 heavy (non-hydrogen) atoms. The first-order valence-corrected chi connectivity index (χ1v) is 10.8. The van der Waals surface area contributed by atoms with Gasteiger partial charge in [0.2, 0.25) is 0 Å². The third-order valence-electron chi connectivity index (χ3n) is 4.86. The van der Waals surface area contributed by atoms with E-state index in [1.54, 1.807) is 29.6 Å². The van der Waals surface area contributed by atoms with Crippen LogP contribution in [0.1, 0.15) is 21.2 Å². The quantitative estimate of drug-likeness (QED) is 0.365. The highest BCUT2D eigenvalue weighted by atomic mass is 32.1. The largest absolute Gasteiger partial charge is 0.359 e. The Morgan fingerprint density at radius 3 is 2.62 bits per heavy atom. The predicted molar refractivity (Wildman–Crippen MR) is 116 cm³/mol. The highest BCUT2D eigenvalue weighted by Gasteiger charge is 2.42. The van der Waals surface area contributed by atoms with Gasteiger partial charge in [-0.3, -0.25) is 9.78 Å². The molecule has 0 atom stereocenters. The van der Waals surface area contributed by atoms with Gasteiger partial charge in [-0.05, 0) is 24.3 Å². The van der Waals surface area contributed by atoms with Crippen LogP contribution in [-0.2, 0) is 13.0 Å². The van der Waals surface area contributed by atoms with Gasteiger partial charge in [-0.2, -0.15) is 0 Å². The minimum Gasteiger partial charge on any atom is -0.359 e. The molecule has 1 aliphatic heterocycles. The van der Waals surface area contributed by atoms with Crippen LogP contribution in [0.4, 0.5) is 24.5 Å². The minimum atomic E-state index is -3.02. The van der Waals surface area contributed by atoms with E-state index in [0.29, 0.717) is 22.8 Å². The van der Waals surface area contributed by atoms with Crippen molar-refractivity contribution in [3.63, 3.8) is 0 Å². The number of aromatic nitrogens is 2. The molecule has 0 aliphatic carbocycles. The van der Waals surface area contributed by atoms with Gasteiger partial charge in [0.05, 0.1) is 35.2 Å². The predicted octanol–water partition coefficient (Wildman–Crippen LogP) is 3.24. The van der Waals surface area contributed by atoms with Crippen LogP contribution in [0.15, 0.2) is 48.0 Å². The lowest BCUT2D eigenvalue weighted by molar-refractivity contribution is -0.00793. The van der Waals surface area contributed by atoms with Crippen LogP contribution in [0.25, 0.3) is 0 Å². The number of carbonyl (C=O) groups excluding carboxylic acids is 1. The molecule has 3 aromatic rings. The summed E-state index contributed by atoms with van der Waals surface area (Å²) in [5, 5.41) is 13.1. The maximum absolute atomic E-state index is 14.5. The zero-order valence-corrected chi connectivity index (χ0v) is 17.7. The normalized spacial score (nSPS) is 13.3. The van der Waals surface area contributed by atoms with Crippen molar-refractivity contribution in [2.75, 3.05) is 23.7 Å². The Bertz CT molecular complexity index is 1070. The summed E-state index contributed by atoms with van der Waals surface area (Å²) in [5.41, 5.74) is 1.63. The Labute approximate surface area is 186 Å². The Kier molecular flexibility index (Phi) is 6.56. The summed E-state index contributed by atoms with van der Waals surface area (Å²) >= 11 is 1.26. The Morgan fingerprint density at radius 2 is 1.91 bits per heavy atom. The van der Waals surface area contributed by atoms with Crippen molar-refractivity contribution in [1.82, 2.24) is 20.6 Å². The molecule has 0 saturated carbocycles. The van der Waals surface area contributed by atoms with Gasteiger partial charge in [0, 0.05) is 24.5 Å². The summed E-state index contributed by atoms with van der Waals surface area (Å²) in [6, 6.07) is 9.79. The number of halogens is 3. The van der Waals surface area contributed by atoms with Crippen molar-refractivity contribution < 1.29 is 18.0 Å². The molecule has 1 aliphatic rings. The van der Waals surface area contributed by atoms with E-state index >= 15 is 0 Å². The molecule has 0 radical (unpaired) electrons. The van der Waals surface area contributed by atoms with Gasteiger partial charge in [-0.25, -0.2) is 18.2 Å². The lowest BCUT2D eigenvalue weighted by atomic mass is 10.2. The van der Waals surface area contributed by atoms with Gasteiger partial charge in [0.25, 0.3) is 11.8 Å². The second-order valence-corrected chi connectivity index (χ2v) is 8.14. The number of anilines is 2. The molecule has 0 spiro atoms. The summed E-state index contributed by atoms with van der Waals surface area (Å²) in [7, 11) is 0. The summed E-state index contributed by atoms with van der Waals surface area (Å²) in [4.78, 5) is 20.3. The molecule has 11 heteroatoms. The highest BCUT2D eigenvalue weighted by molar-refractivity contribution is 7.09. The fraction of sp³-hybridized carbons (Fsp3) is 0.286. The molecule has 4 rings (SSSR count). The Morgan fingerprint density at radius 1 is 1.16 bits per heavy atom. The highest BCUT2D eigenvalue weighted by Crippen LogP contribution is 2.33. The molecule has 3 heterocycles. The second-order valence-electron chi connectivity index (χ2n) is 7.20. The number of nitrogens with zero attached hydrogens (tertiary/aromatic N) is 2. The molecular weight excluding hydrogens is 441 g/mol. The standard InChI is InChI=1S/C21H21F3N6OS/c22-13-4-3-8-26-16(13)10-27-19(31)17-11-32-18(28-17)7-9-25-12-21(23,24)20-29-14-5-1-2-6-15(14)30-20/h1-6,8,11,20,25,29-30H,7,9-10,12H2,(H,27,31). The van der Waals surface area contributed by atoms with Crippen molar-refractivity contribution in [3.8, 4) is 0 Å². The van der Waals surface area contributed by atoms with Crippen LogP contribution >= 0.6 is 11.3 Å². The first-order chi connectivity index (χ1) is 15.4. The number of rotatable bonds is 9. The number of carbonyl (C=O) groups is 1. The zero-order valence-electron chi connectivity index (χ0n) is 16.9. The van der Waals surface area contributed by atoms with Crippen LogP contribution < -0.4 is 21.3 Å².